The number of carbonyl (C=O) groups is 1. The molecule has 0 saturated carbocycles. The first-order valence-electron chi connectivity index (χ1n) is 8.59. The molecule has 8 heteroatoms. The molecule has 1 fully saturated rings. The number of carbonyl (C=O) groups excluding carboxylic acids is 1. The smallest absolute Gasteiger partial charge is 0.276 e. The van der Waals surface area contributed by atoms with Crippen LogP contribution in [0.2, 0.25) is 5.02 Å². The second-order valence-electron chi connectivity index (χ2n) is 6.43. The van der Waals surface area contributed by atoms with Crippen molar-refractivity contribution in [1.82, 2.24) is 25.1 Å². The number of halogens is 1. The Labute approximate surface area is 155 Å². The quantitative estimate of drug-likeness (QED) is 0.740. The number of pyridine rings is 1. The highest BCUT2D eigenvalue weighted by molar-refractivity contribution is 6.31. The van der Waals surface area contributed by atoms with Gasteiger partial charge in [-0.1, -0.05) is 23.7 Å². The molecule has 0 aliphatic carbocycles. The van der Waals surface area contributed by atoms with Crippen LogP contribution in [0.15, 0.2) is 30.3 Å². The van der Waals surface area contributed by atoms with Crippen LogP contribution in [0.4, 0.5) is 5.95 Å². The van der Waals surface area contributed by atoms with Crippen molar-refractivity contribution in [2.75, 3.05) is 18.4 Å². The number of fused-ring (bicyclic) bond motifs is 1. The minimum absolute atomic E-state index is 0.311. The summed E-state index contributed by atoms with van der Waals surface area (Å²) in [7, 11) is 1.78. The highest BCUT2D eigenvalue weighted by atomic mass is 35.5. The molecule has 1 aliphatic rings. The van der Waals surface area contributed by atoms with Crippen molar-refractivity contribution in [2.45, 2.75) is 18.8 Å². The molecule has 7 nitrogen and oxygen atoms in total. The molecule has 1 aliphatic heterocycles. The molecule has 0 bridgehead atoms. The van der Waals surface area contributed by atoms with Gasteiger partial charge in [0.1, 0.15) is 5.69 Å². The summed E-state index contributed by atoms with van der Waals surface area (Å²) in [5.74, 6) is 1.22. The minimum atomic E-state index is -0.320. The van der Waals surface area contributed by atoms with E-state index in [1.165, 1.54) is 0 Å². The van der Waals surface area contributed by atoms with Crippen molar-refractivity contribution in [2.24, 2.45) is 7.05 Å². The predicted octanol–water partition coefficient (Wildman–Crippen LogP) is 2.74. The molecule has 0 spiro atoms. The molecule has 0 radical (unpaired) electrons. The van der Waals surface area contributed by atoms with Crippen molar-refractivity contribution in [1.29, 1.82) is 0 Å². The van der Waals surface area contributed by atoms with Crippen LogP contribution in [0, 0.1) is 0 Å². The summed E-state index contributed by atoms with van der Waals surface area (Å²) in [6.45, 7) is 1.93. The van der Waals surface area contributed by atoms with E-state index in [4.69, 9.17) is 11.6 Å². The molecule has 3 heterocycles. The third kappa shape index (κ3) is 3.40. The van der Waals surface area contributed by atoms with Crippen molar-refractivity contribution < 1.29 is 4.79 Å². The van der Waals surface area contributed by atoms with Gasteiger partial charge in [-0.2, -0.15) is 10.1 Å². The zero-order valence-electron chi connectivity index (χ0n) is 14.4. The molecule has 1 amide bonds. The normalized spacial score (nSPS) is 15.3. The second kappa shape index (κ2) is 7.01. The predicted molar refractivity (Wildman–Crippen MR) is 101 cm³/mol. The number of benzene rings is 1. The Morgan fingerprint density at radius 3 is 2.81 bits per heavy atom. The highest BCUT2D eigenvalue weighted by Gasteiger charge is 2.21. The zero-order chi connectivity index (χ0) is 18.1. The summed E-state index contributed by atoms with van der Waals surface area (Å²) in [4.78, 5) is 21.5. The number of aromatic nitrogens is 4. The van der Waals surface area contributed by atoms with Crippen molar-refractivity contribution in [3.8, 4) is 0 Å². The first-order valence-corrected chi connectivity index (χ1v) is 8.97. The van der Waals surface area contributed by atoms with Crippen molar-refractivity contribution in [3.63, 3.8) is 0 Å². The molecule has 0 atom stereocenters. The maximum atomic E-state index is 12.6. The van der Waals surface area contributed by atoms with Gasteiger partial charge in [0.25, 0.3) is 5.91 Å². The summed E-state index contributed by atoms with van der Waals surface area (Å²) >= 11 is 6.01. The van der Waals surface area contributed by atoms with E-state index in [0.29, 0.717) is 28.1 Å². The number of hydrogen-bond acceptors (Lipinski definition) is 5. The second-order valence-corrected chi connectivity index (χ2v) is 6.87. The SMILES string of the molecule is Cn1nc(C2CCNCC2)nc1NC(=O)c1ccc2ccc(Cl)cc2n1. The van der Waals surface area contributed by atoms with Crippen LogP contribution >= 0.6 is 11.6 Å². The summed E-state index contributed by atoms with van der Waals surface area (Å²) in [5.41, 5.74) is 0.990. The summed E-state index contributed by atoms with van der Waals surface area (Å²) in [6.07, 6.45) is 2.01. The summed E-state index contributed by atoms with van der Waals surface area (Å²) in [6, 6.07) is 8.96. The molecular formula is C18H19ClN6O. The van der Waals surface area contributed by atoms with E-state index in [9.17, 15) is 4.79 Å². The van der Waals surface area contributed by atoms with Gasteiger partial charge in [-0.05, 0) is 44.1 Å². The van der Waals surface area contributed by atoms with E-state index in [-0.39, 0.29) is 5.91 Å². The van der Waals surface area contributed by atoms with Crippen molar-refractivity contribution >= 4 is 34.4 Å². The molecule has 4 rings (SSSR count). The largest absolute Gasteiger partial charge is 0.317 e. The van der Waals surface area contributed by atoms with Gasteiger partial charge < -0.3 is 5.32 Å². The zero-order valence-corrected chi connectivity index (χ0v) is 15.1. The minimum Gasteiger partial charge on any atom is -0.317 e. The van der Waals surface area contributed by atoms with Gasteiger partial charge >= 0.3 is 0 Å². The van der Waals surface area contributed by atoms with Crippen LogP contribution in [0.1, 0.15) is 35.1 Å². The maximum Gasteiger partial charge on any atom is 0.276 e. The number of rotatable bonds is 3. The molecule has 3 aromatic rings. The molecule has 26 heavy (non-hydrogen) atoms. The lowest BCUT2D eigenvalue weighted by molar-refractivity contribution is 0.102. The van der Waals surface area contributed by atoms with Crippen LogP contribution < -0.4 is 10.6 Å². The fraction of sp³-hybridized carbons (Fsp3) is 0.333. The maximum absolute atomic E-state index is 12.6. The Balaban J connectivity index is 1.55. The third-order valence-corrected chi connectivity index (χ3v) is 4.83. The van der Waals surface area contributed by atoms with Gasteiger partial charge in [0.2, 0.25) is 5.95 Å². The molecule has 1 aromatic carbocycles. The third-order valence-electron chi connectivity index (χ3n) is 4.60. The lowest BCUT2D eigenvalue weighted by atomic mass is 9.98. The summed E-state index contributed by atoms with van der Waals surface area (Å²) in [5, 5.41) is 12.1. The number of nitrogens with zero attached hydrogens (tertiary/aromatic N) is 4. The van der Waals surface area contributed by atoms with Crippen molar-refractivity contribution in [3.05, 3.63) is 46.9 Å². The number of aryl methyl sites for hydroxylation is 1. The van der Waals surface area contributed by atoms with Gasteiger partial charge in [0.15, 0.2) is 5.82 Å². The van der Waals surface area contributed by atoms with Crippen LogP contribution in [0.3, 0.4) is 0 Å². The number of piperidine rings is 1. The van der Waals surface area contributed by atoms with E-state index >= 15 is 0 Å². The Morgan fingerprint density at radius 2 is 2.00 bits per heavy atom. The van der Waals surface area contributed by atoms with Gasteiger partial charge in [0, 0.05) is 23.4 Å². The molecule has 0 unspecified atom stereocenters. The van der Waals surface area contributed by atoms with Crippen LogP contribution in [-0.2, 0) is 7.05 Å². The van der Waals surface area contributed by atoms with E-state index in [1.54, 1.807) is 29.9 Å². The molecule has 2 N–H and O–H groups in total. The monoisotopic (exact) mass is 370 g/mol. The first kappa shape index (κ1) is 16.9. The Kier molecular flexibility index (Phi) is 4.57. The Hall–Kier alpha value is -2.51. The standard InChI is InChI=1S/C18H19ClN6O/c1-25-18(22-16(24-25)12-6-8-20-9-7-12)23-17(26)14-5-3-11-2-4-13(19)10-15(11)21-14/h2-5,10,12,20H,6-9H2,1H3,(H,22,23,24,26). The average Bonchev–Trinajstić information content (AvgIpc) is 3.02. The highest BCUT2D eigenvalue weighted by Crippen LogP contribution is 2.23. The van der Waals surface area contributed by atoms with Gasteiger partial charge in [-0.3, -0.25) is 10.1 Å². The van der Waals surface area contributed by atoms with E-state index in [0.717, 1.165) is 37.1 Å². The van der Waals surface area contributed by atoms with Crippen LogP contribution in [0.25, 0.3) is 10.9 Å². The Bertz CT molecular complexity index is 963. The van der Waals surface area contributed by atoms with Crippen LogP contribution in [0.5, 0.6) is 0 Å². The van der Waals surface area contributed by atoms with Crippen LogP contribution in [-0.4, -0.2) is 38.7 Å². The van der Waals surface area contributed by atoms with Gasteiger partial charge in [-0.15, -0.1) is 0 Å². The number of hydrogen-bond donors (Lipinski definition) is 2. The Morgan fingerprint density at radius 1 is 1.23 bits per heavy atom. The first-order chi connectivity index (χ1) is 12.6. The van der Waals surface area contributed by atoms with E-state index in [1.807, 2.05) is 12.1 Å². The van der Waals surface area contributed by atoms with E-state index in [2.05, 4.69) is 25.7 Å². The molecular weight excluding hydrogens is 352 g/mol. The lowest BCUT2D eigenvalue weighted by Crippen LogP contribution is -2.27. The number of anilines is 1. The lowest BCUT2D eigenvalue weighted by Gasteiger charge is -2.19. The molecule has 2 aromatic heterocycles. The van der Waals surface area contributed by atoms with E-state index < -0.39 is 0 Å². The number of nitrogens with one attached hydrogen (secondary N) is 2. The average molecular weight is 371 g/mol. The van der Waals surface area contributed by atoms with Gasteiger partial charge in [0.05, 0.1) is 5.52 Å². The summed E-state index contributed by atoms with van der Waals surface area (Å²) < 4.78 is 1.60. The van der Waals surface area contributed by atoms with Gasteiger partial charge in [-0.25, -0.2) is 9.67 Å². The molecule has 134 valence electrons. The fourth-order valence-corrected chi connectivity index (χ4v) is 3.31. The number of amides is 1. The molecule has 1 saturated heterocycles. The fourth-order valence-electron chi connectivity index (χ4n) is 3.15. The topological polar surface area (TPSA) is 84.7 Å².